The molecule has 0 aliphatic carbocycles. The standard InChI is InChI=1S/C14H14FNO/c1-2-9-17-14-6-4-3-5-12(14)13-10-11(15)7-8-16-13/h3-8,10H,2,9H2,1H3. The number of hydrogen-bond acceptors (Lipinski definition) is 2. The zero-order valence-electron chi connectivity index (χ0n) is 9.69. The van der Waals surface area contributed by atoms with Gasteiger partial charge in [0.25, 0.3) is 0 Å². The molecule has 3 heteroatoms. The van der Waals surface area contributed by atoms with E-state index in [1.807, 2.05) is 31.2 Å². The summed E-state index contributed by atoms with van der Waals surface area (Å²) >= 11 is 0. The van der Waals surface area contributed by atoms with Gasteiger partial charge in [0, 0.05) is 17.8 Å². The lowest BCUT2D eigenvalue weighted by molar-refractivity contribution is 0.318. The molecule has 0 saturated carbocycles. The summed E-state index contributed by atoms with van der Waals surface area (Å²) in [5.41, 5.74) is 1.41. The lowest BCUT2D eigenvalue weighted by Crippen LogP contribution is -1.97. The third-order valence-corrected chi connectivity index (χ3v) is 2.35. The Morgan fingerprint density at radius 2 is 2.06 bits per heavy atom. The van der Waals surface area contributed by atoms with Crippen LogP contribution in [-0.2, 0) is 0 Å². The Labute approximate surface area is 100 Å². The average Bonchev–Trinajstić information content (AvgIpc) is 2.37. The number of ether oxygens (including phenoxy) is 1. The van der Waals surface area contributed by atoms with E-state index in [0.29, 0.717) is 12.3 Å². The van der Waals surface area contributed by atoms with Crippen LogP contribution < -0.4 is 4.74 Å². The van der Waals surface area contributed by atoms with Crippen molar-refractivity contribution in [1.82, 2.24) is 4.98 Å². The fraction of sp³-hybridized carbons (Fsp3) is 0.214. The lowest BCUT2D eigenvalue weighted by atomic mass is 10.1. The molecule has 2 nitrogen and oxygen atoms in total. The van der Waals surface area contributed by atoms with Gasteiger partial charge in [-0.25, -0.2) is 4.39 Å². The number of pyridine rings is 1. The Morgan fingerprint density at radius 3 is 2.82 bits per heavy atom. The molecule has 2 aromatic rings. The van der Waals surface area contributed by atoms with Crippen molar-refractivity contribution in [2.45, 2.75) is 13.3 Å². The van der Waals surface area contributed by atoms with Crippen LogP contribution in [0.25, 0.3) is 11.3 Å². The molecule has 0 bridgehead atoms. The third kappa shape index (κ3) is 2.81. The summed E-state index contributed by atoms with van der Waals surface area (Å²) in [6.45, 7) is 2.69. The molecule has 0 amide bonds. The van der Waals surface area contributed by atoms with Gasteiger partial charge in [-0.15, -0.1) is 0 Å². The second-order valence-corrected chi connectivity index (χ2v) is 3.70. The average molecular weight is 231 g/mol. The van der Waals surface area contributed by atoms with Crippen molar-refractivity contribution in [3.8, 4) is 17.0 Å². The van der Waals surface area contributed by atoms with Crippen LogP contribution in [0.3, 0.4) is 0 Å². The van der Waals surface area contributed by atoms with Crippen LogP contribution in [0.2, 0.25) is 0 Å². The number of rotatable bonds is 4. The fourth-order valence-corrected chi connectivity index (χ4v) is 1.57. The van der Waals surface area contributed by atoms with Crippen molar-refractivity contribution >= 4 is 0 Å². The van der Waals surface area contributed by atoms with Gasteiger partial charge < -0.3 is 4.74 Å². The molecule has 88 valence electrons. The minimum Gasteiger partial charge on any atom is -0.493 e. The number of nitrogens with zero attached hydrogens (tertiary/aromatic N) is 1. The van der Waals surface area contributed by atoms with E-state index in [4.69, 9.17) is 4.74 Å². The van der Waals surface area contributed by atoms with Gasteiger partial charge in [0.2, 0.25) is 0 Å². The maximum atomic E-state index is 13.2. The van der Waals surface area contributed by atoms with Gasteiger partial charge >= 0.3 is 0 Å². The highest BCUT2D eigenvalue weighted by Gasteiger charge is 2.07. The zero-order chi connectivity index (χ0) is 12.1. The summed E-state index contributed by atoms with van der Waals surface area (Å²) in [6, 6.07) is 10.3. The highest BCUT2D eigenvalue weighted by molar-refractivity contribution is 5.66. The smallest absolute Gasteiger partial charge is 0.128 e. The molecule has 0 fully saturated rings. The van der Waals surface area contributed by atoms with Gasteiger partial charge in [-0.3, -0.25) is 4.98 Å². The van der Waals surface area contributed by atoms with Gasteiger partial charge in [-0.1, -0.05) is 19.1 Å². The molecule has 0 N–H and O–H groups in total. The summed E-state index contributed by atoms with van der Waals surface area (Å²) in [5.74, 6) is 0.452. The van der Waals surface area contributed by atoms with Crippen LogP contribution in [0.1, 0.15) is 13.3 Å². The Hall–Kier alpha value is -1.90. The quantitative estimate of drug-likeness (QED) is 0.800. The van der Waals surface area contributed by atoms with Crippen LogP contribution in [0.15, 0.2) is 42.6 Å². The maximum absolute atomic E-state index is 13.2. The predicted molar refractivity (Wildman–Crippen MR) is 65.4 cm³/mol. The van der Waals surface area contributed by atoms with E-state index in [9.17, 15) is 4.39 Å². The summed E-state index contributed by atoms with van der Waals surface area (Å²) in [7, 11) is 0. The minimum absolute atomic E-state index is 0.291. The molecule has 0 spiro atoms. The molecular formula is C14H14FNO. The fourth-order valence-electron chi connectivity index (χ4n) is 1.57. The van der Waals surface area contributed by atoms with Crippen LogP contribution in [0, 0.1) is 5.82 Å². The van der Waals surface area contributed by atoms with Gasteiger partial charge in [0.15, 0.2) is 0 Å². The monoisotopic (exact) mass is 231 g/mol. The molecule has 17 heavy (non-hydrogen) atoms. The Balaban J connectivity index is 2.37. The molecule has 0 aliphatic heterocycles. The van der Waals surface area contributed by atoms with Crippen LogP contribution in [-0.4, -0.2) is 11.6 Å². The first kappa shape index (κ1) is 11.6. The van der Waals surface area contributed by atoms with Gasteiger partial charge in [-0.05, 0) is 24.6 Å². The van der Waals surface area contributed by atoms with Crippen LogP contribution in [0.4, 0.5) is 4.39 Å². The number of aromatic nitrogens is 1. The van der Waals surface area contributed by atoms with Crippen molar-refractivity contribution in [2.75, 3.05) is 6.61 Å². The summed E-state index contributed by atoms with van der Waals surface area (Å²) in [6.07, 6.45) is 2.40. The van der Waals surface area contributed by atoms with E-state index in [-0.39, 0.29) is 5.82 Å². The summed E-state index contributed by atoms with van der Waals surface area (Å²) < 4.78 is 18.8. The number of halogens is 1. The maximum Gasteiger partial charge on any atom is 0.128 e. The topological polar surface area (TPSA) is 22.1 Å². The van der Waals surface area contributed by atoms with Crippen molar-refractivity contribution in [3.05, 3.63) is 48.4 Å². The van der Waals surface area contributed by atoms with E-state index in [1.54, 1.807) is 0 Å². The molecule has 0 saturated heterocycles. The van der Waals surface area contributed by atoms with Gasteiger partial charge in [-0.2, -0.15) is 0 Å². The first-order chi connectivity index (χ1) is 8.31. The molecule has 0 unspecified atom stereocenters. The van der Waals surface area contributed by atoms with Gasteiger partial charge in [0.05, 0.1) is 12.3 Å². The van der Waals surface area contributed by atoms with Crippen molar-refractivity contribution in [2.24, 2.45) is 0 Å². The van der Waals surface area contributed by atoms with Gasteiger partial charge in [0.1, 0.15) is 11.6 Å². The van der Waals surface area contributed by atoms with Crippen molar-refractivity contribution < 1.29 is 9.13 Å². The second-order valence-electron chi connectivity index (χ2n) is 3.70. The second kappa shape index (κ2) is 5.43. The molecule has 0 atom stereocenters. The van der Waals surface area contributed by atoms with E-state index in [2.05, 4.69) is 4.98 Å². The first-order valence-corrected chi connectivity index (χ1v) is 5.65. The SMILES string of the molecule is CCCOc1ccccc1-c1cc(F)ccn1. The molecule has 1 aromatic heterocycles. The Bertz CT molecular complexity index is 499. The van der Waals surface area contributed by atoms with E-state index >= 15 is 0 Å². The van der Waals surface area contributed by atoms with E-state index in [0.717, 1.165) is 17.7 Å². The molecule has 1 heterocycles. The van der Waals surface area contributed by atoms with Crippen molar-refractivity contribution in [3.63, 3.8) is 0 Å². The van der Waals surface area contributed by atoms with Crippen LogP contribution >= 0.6 is 0 Å². The lowest BCUT2D eigenvalue weighted by Gasteiger charge is -2.10. The molecular weight excluding hydrogens is 217 g/mol. The minimum atomic E-state index is -0.291. The normalized spacial score (nSPS) is 10.2. The summed E-state index contributed by atoms with van der Waals surface area (Å²) in [5, 5.41) is 0. The molecule has 0 radical (unpaired) electrons. The molecule has 2 rings (SSSR count). The summed E-state index contributed by atoms with van der Waals surface area (Å²) in [4.78, 5) is 4.16. The Morgan fingerprint density at radius 1 is 1.24 bits per heavy atom. The van der Waals surface area contributed by atoms with Crippen molar-refractivity contribution in [1.29, 1.82) is 0 Å². The third-order valence-electron chi connectivity index (χ3n) is 2.35. The number of para-hydroxylation sites is 1. The molecule has 0 aliphatic rings. The number of hydrogen-bond donors (Lipinski definition) is 0. The largest absolute Gasteiger partial charge is 0.493 e. The molecule has 1 aromatic carbocycles. The van der Waals surface area contributed by atoms with E-state index in [1.165, 1.54) is 18.3 Å². The van der Waals surface area contributed by atoms with Crippen LogP contribution in [0.5, 0.6) is 5.75 Å². The highest BCUT2D eigenvalue weighted by Crippen LogP contribution is 2.28. The Kier molecular flexibility index (Phi) is 3.70. The van der Waals surface area contributed by atoms with E-state index < -0.39 is 0 Å². The highest BCUT2D eigenvalue weighted by atomic mass is 19.1. The zero-order valence-corrected chi connectivity index (χ0v) is 9.69. The predicted octanol–water partition coefficient (Wildman–Crippen LogP) is 3.68. The first-order valence-electron chi connectivity index (χ1n) is 5.65. The number of benzene rings is 1.